The first-order valence-electron chi connectivity index (χ1n) is 10.9. The van der Waals surface area contributed by atoms with Crippen molar-refractivity contribution < 1.29 is 28.2 Å². The third kappa shape index (κ3) is 4.02. The minimum absolute atomic E-state index is 0.183. The standard InChI is InChI=1S/C24H21FN4O5/c25-14-33-18-3-1-2-16(10-18)17-11-26-23(27-12-17)28-21(30)15-4-7-24(8-5-15)20-6-9-29(32)13-19(20)22(31)34-24/h1-3,6,9-13,15H,4-5,7-8,14H2,(H,26,27,28,30). The Bertz CT molecular complexity index is 1240. The average Bonchev–Trinajstić information content (AvgIpc) is 3.10. The number of nitrogens with one attached hydrogen (secondary N) is 1. The molecule has 0 saturated heterocycles. The van der Waals surface area contributed by atoms with E-state index in [-0.39, 0.29) is 23.3 Å². The fourth-order valence-corrected chi connectivity index (χ4v) is 4.63. The molecular formula is C24H21FN4O5. The first-order valence-corrected chi connectivity index (χ1v) is 10.9. The maximum absolute atomic E-state index is 12.8. The smallest absolute Gasteiger partial charge is 0.345 e. The van der Waals surface area contributed by atoms with Gasteiger partial charge in [-0.2, -0.15) is 4.73 Å². The number of rotatable bonds is 5. The van der Waals surface area contributed by atoms with Crippen molar-refractivity contribution in [3.8, 4) is 16.9 Å². The summed E-state index contributed by atoms with van der Waals surface area (Å²) in [6, 6.07) is 8.52. The van der Waals surface area contributed by atoms with Gasteiger partial charge in [0.1, 0.15) is 16.9 Å². The van der Waals surface area contributed by atoms with Crippen LogP contribution in [-0.4, -0.2) is 28.7 Å². The van der Waals surface area contributed by atoms with Crippen molar-refractivity contribution in [2.24, 2.45) is 5.92 Å². The largest absolute Gasteiger partial charge is 0.619 e. The van der Waals surface area contributed by atoms with Crippen LogP contribution < -0.4 is 14.8 Å². The van der Waals surface area contributed by atoms with Gasteiger partial charge in [-0.3, -0.25) is 10.1 Å². The topological polar surface area (TPSA) is 117 Å². The second-order valence-electron chi connectivity index (χ2n) is 8.36. The maximum Gasteiger partial charge on any atom is 0.345 e. The zero-order valence-electron chi connectivity index (χ0n) is 18.1. The third-order valence-electron chi connectivity index (χ3n) is 6.37. The average molecular weight is 464 g/mol. The quantitative estimate of drug-likeness (QED) is 0.350. The number of carbonyl (C=O) groups excluding carboxylic acids is 2. The highest BCUT2D eigenvalue weighted by atomic mass is 19.1. The molecule has 9 nitrogen and oxygen atoms in total. The van der Waals surface area contributed by atoms with Gasteiger partial charge >= 0.3 is 5.97 Å². The Morgan fingerprint density at radius 1 is 1.24 bits per heavy atom. The van der Waals surface area contributed by atoms with Crippen molar-refractivity contribution in [2.75, 3.05) is 12.2 Å². The summed E-state index contributed by atoms with van der Waals surface area (Å²) in [6.07, 6.45) is 7.75. The Kier molecular flexibility index (Phi) is 5.56. The predicted molar refractivity (Wildman–Crippen MR) is 117 cm³/mol. The van der Waals surface area contributed by atoms with Crippen LogP contribution in [-0.2, 0) is 15.1 Å². The second-order valence-corrected chi connectivity index (χ2v) is 8.36. The summed E-state index contributed by atoms with van der Waals surface area (Å²) in [5.41, 5.74) is 1.67. The molecule has 174 valence electrons. The Morgan fingerprint density at radius 2 is 2.00 bits per heavy atom. The molecular weight excluding hydrogens is 443 g/mol. The Morgan fingerprint density at radius 3 is 2.74 bits per heavy atom. The van der Waals surface area contributed by atoms with Gasteiger partial charge in [0, 0.05) is 35.5 Å². The lowest BCUT2D eigenvalue weighted by atomic mass is 9.75. The number of hydrogen-bond acceptors (Lipinski definition) is 7. The number of hydrogen-bond donors (Lipinski definition) is 1. The summed E-state index contributed by atoms with van der Waals surface area (Å²) in [5.74, 6) is -0.397. The number of aromatic nitrogens is 3. The molecule has 0 radical (unpaired) electrons. The highest BCUT2D eigenvalue weighted by Crippen LogP contribution is 2.47. The molecule has 1 spiro atoms. The Balaban J connectivity index is 1.22. The van der Waals surface area contributed by atoms with Crippen LogP contribution in [0.3, 0.4) is 0 Å². The normalized spacial score (nSPS) is 21.1. The molecule has 2 aliphatic rings. The van der Waals surface area contributed by atoms with Gasteiger partial charge in [0.2, 0.25) is 18.7 Å². The number of carbonyl (C=O) groups is 2. The van der Waals surface area contributed by atoms with Crippen molar-refractivity contribution in [1.29, 1.82) is 0 Å². The predicted octanol–water partition coefficient (Wildman–Crippen LogP) is 3.28. The highest BCUT2D eigenvalue weighted by Gasteiger charge is 2.49. The first-order chi connectivity index (χ1) is 16.5. The zero-order valence-corrected chi connectivity index (χ0v) is 18.1. The first kappa shape index (κ1) is 21.7. The molecule has 5 rings (SSSR count). The number of pyridine rings is 1. The van der Waals surface area contributed by atoms with E-state index >= 15 is 0 Å². The van der Waals surface area contributed by atoms with Crippen LogP contribution in [0.4, 0.5) is 10.3 Å². The summed E-state index contributed by atoms with van der Waals surface area (Å²) in [6.45, 7) is -0.914. The molecule has 3 heterocycles. The number of nitrogens with zero attached hydrogens (tertiary/aromatic N) is 3. The fourth-order valence-electron chi connectivity index (χ4n) is 4.63. The third-order valence-corrected chi connectivity index (χ3v) is 6.37. The van der Waals surface area contributed by atoms with E-state index in [0.29, 0.717) is 47.3 Å². The van der Waals surface area contributed by atoms with Gasteiger partial charge in [-0.1, -0.05) is 12.1 Å². The van der Waals surface area contributed by atoms with E-state index in [4.69, 9.17) is 9.47 Å². The maximum atomic E-state index is 12.8. The van der Waals surface area contributed by atoms with Gasteiger partial charge in [-0.25, -0.2) is 19.2 Å². The minimum atomic E-state index is -0.914. The molecule has 0 unspecified atom stereocenters. The monoisotopic (exact) mass is 464 g/mol. The summed E-state index contributed by atoms with van der Waals surface area (Å²) < 4.78 is 23.5. The molecule has 1 amide bonds. The number of ether oxygens (including phenoxy) is 2. The van der Waals surface area contributed by atoms with Crippen molar-refractivity contribution in [1.82, 2.24) is 9.97 Å². The van der Waals surface area contributed by atoms with Gasteiger partial charge < -0.3 is 14.7 Å². The molecule has 34 heavy (non-hydrogen) atoms. The van der Waals surface area contributed by atoms with E-state index in [9.17, 15) is 19.2 Å². The van der Waals surface area contributed by atoms with Gasteiger partial charge in [-0.15, -0.1) is 0 Å². The number of alkyl halides is 1. The minimum Gasteiger partial charge on any atom is -0.619 e. The summed E-state index contributed by atoms with van der Waals surface area (Å²) in [5, 5.41) is 14.3. The van der Waals surface area contributed by atoms with Crippen LogP contribution in [0.5, 0.6) is 5.75 Å². The number of amides is 1. The van der Waals surface area contributed by atoms with Crippen LogP contribution >= 0.6 is 0 Å². The van der Waals surface area contributed by atoms with E-state index in [1.165, 1.54) is 12.4 Å². The van der Waals surface area contributed by atoms with Crippen molar-refractivity contribution in [2.45, 2.75) is 31.3 Å². The van der Waals surface area contributed by atoms with Crippen LogP contribution in [0, 0.1) is 11.1 Å². The lowest BCUT2D eigenvalue weighted by molar-refractivity contribution is -0.605. The summed E-state index contributed by atoms with van der Waals surface area (Å²) >= 11 is 0. The number of halogens is 1. The molecule has 0 atom stereocenters. The molecule has 1 saturated carbocycles. The number of fused-ring (bicyclic) bond motifs is 2. The number of benzene rings is 1. The van der Waals surface area contributed by atoms with Crippen molar-refractivity contribution in [3.05, 3.63) is 71.5 Å². The fraction of sp³-hybridized carbons (Fsp3) is 0.292. The Hall–Kier alpha value is -4.08. The molecule has 3 aromatic rings. The van der Waals surface area contributed by atoms with Gasteiger partial charge in [0.25, 0.3) is 0 Å². The van der Waals surface area contributed by atoms with Crippen molar-refractivity contribution >= 4 is 17.8 Å². The molecule has 1 fully saturated rings. The summed E-state index contributed by atoms with van der Waals surface area (Å²) in [7, 11) is 0. The molecule has 0 bridgehead atoms. The summed E-state index contributed by atoms with van der Waals surface area (Å²) in [4.78, 5) is 33.5. The van der Waals surface area contributed by atoms with Gasteiger partial charge in [0.15, 0.2) is 12.4 Å². The molecule has 1 aromatic carbocycles. The number of esters is 1. The van der Waals surface area contributed by atoms with Crippen LogP contribution in [0.2, 0.25) is 0 Å². The molecule has 1 aliphatic carbocycles. The lowest BCUT2D eigenvalue weighted by Gasteiger charge is -2.35. The molecule has 1 aliphatic heterocycles. The van der Waals surface area contributed by atoms with Crippen LogP contribution in [0.25, 0.3) is 11.1 Å². The van der Waals surface area contributed by atoms with E-state index in [0.717, 1.165) is 5.56 Å². The van der Waals surface area contributed by atoms with Crippen molar-refractivity contribution in [3.63, 3.8) is 0 Å². The highest BCUT2D eigenvalue weighted by molar-refractivity contribution is 5.94. The van der Waals surface area contributed by atoms with E-state index in [1.807, 2.05) is 6.07 Å². The molecule has 10 heteroatoms. The second kappa shape index (κ2) is 8.69. The van der Waals surface area contributed by atoms with E-state index < -0.39 is 18.4 Å². The lowest BCUT2D eigenvalue weighted by Crippen LogP contribution is -2.36. The van der Waals surface area contributed by atoms with Crippen LogP contribution in [0.1, 0.15) is 41.6 Å². The zero-order chi connectivity index (χ0) is 23.7. The SMILES string of the molecule is O=C1OC2(CCC(C(=O)Nc3ncc(-c4cccc(OCF)c4)cn3)CC2)c2cc[n+]([O-])cc21. The Labute approximate surface area is 194 Å². The molecule has 2 aromatic heterocycles. The van der Waals surface area contributed by atoms with E-state index in [2.05, 4.69) is 15.3 Å². The molecule has 1 N–H and O–H groups in total. The van der Waals surface area contributed by atoms with Crippen LogP contribution in [0.15, 0.2) is 55.1 Å². The van der Waals surface area contributed by atoms with Gasteiger partial charge in [-0.05, 0) is 43.4 Å². The van der Waals surface area contributed by atoms with E-state index in [1.54, 1.807) is 36.7 Å². The number of anilines is 1. The van der Waals surface area contributed by atoms with Gasteiger partial charge in [0.05, 0.1) is 0 Å².